The van der Waals surface area contributed by atoms with Gasteiger partial charge in [0.15, 0.2) is 11.5 Å². The van der Waals surface area contributed by atoms with Crippen molar-refractivity contribution in [3.05, 3.63) is 51.4 Å². The van der Waals surface area contributed by atoms with Crippen molar-refractivity contribution in [1.29, 1.82) is 5.26 Å². The van der Waals surface area contributed by atoms with E-state index in [0.717, 1.165) is 0 Å². The standard InChI is InChI=1S/C17H16N4O5/c1-23-10-4-8(5-11(24-2)14(10)25-3)12-9(6-18)15(19)26-17-13(12)16(22)20-7-21-17/h4-5,7,12H,19H2,1-3H3,(H,20,21,22)/t12-/m0/s1. The van der Waals surface area contributed by atoms with E-state index in [4.69, 9.17) is 24.7 Å². The highest BCUT2D eigenvalue weighted by molar-refractivity contribution is 5.60. The minimum absolute atomic E-state index is 0.0454. The predicted molar refractivity (Wildman–Crippen MR) is 90.3 cm³/mol. The van der Waals surface area contributed by atoms with Crippen LogP contribution in [-0.2, 0) is 0 Å². The molecule has 0 spiro atoms. The number of ether oxygens (including phenoxy) is 4. The van der Waals surface area contributed by atoms with Gasteiger partial charge in [-0.05, 0) is 17.7 Å². The molecule has 1 aromatic heterocycles. The molecule has 1 aliphatic rings. The van der Waals surface area contributed by atoms with Crippen molar-refractivity contribution in [2.24, 2.45) is 5.73 Å². The van der Waals surface area contributed by atoms with Crippen LogP contribution in [0.4, 0.5) is 0 Å². The minimum atomic E-state index is -0.796. The third-order valence-electron chi connectivity index (χ3n) is 4.04. The number of nitriles is 1. The van der Waals surface area contributed by atoms with Crippen LogP contribution in [0.3, 0.4) is 0 Å². The lowest BCUT2D eigenvalue weighted by atomic mass is 9.85. The first-order valence-corrected chi connectivity index (χ1v) is 7.50. The second-order valence-corrected chi connectivity index (χ2v) is 5.33. The zero-order valence-electron chi connectivity index (χ0n) is 14.3. The van der Waals surface area contributed by atoms with Crippen molar-refractivity contribution in [2.45, 2.75) is 5.92 Å². The number of nitrogens with one attached hydrogen (secondary N) is 1. The van der Waals surface area contributed by atoms with Gasteiger partial charge >= 0.3 is 0 Å². The van der Waals surface area contributed by atoms with Gasteiger partial charge in [-0.2, -0.15) is 5.26 Å². The van der Waals surface area contributed by atoms with Gasteiger partial charge < -0.3 is 29.7 Å². The van der Waals surface area contributed by atoms with Crippen LogP contribution in [0.2, 0.25) is 0 Å². The molecule has 0 saturated heterocycles. The van der Waals surface area contributed by atoms with Crippen LogP contribution < -0.4 is 30.2 Å². The molecule has 9 nitrogen and oxygen atoms in total. The highest BCUT2D eigenvalue weighted by Crippen LogP contribution is 2.45. The fourth-order valence-corrected chi connectivity index (χ4v) is 2.90. The number of fused-ring (bicyclic) bond motifs is 1. The summed E-state index contributed by atoms with van der Waals surface area (Å²) in [5.74, 6) is 0.287. The normalized spacial score (nSPS) is 15.5. The fourth-order valence-electron chi connectivity index (χ4n) is 2.90. The molecule has 0 aliphatic carbocycles. The van der Waals surface area contributed by atoms with E-state index in [-0.39, 0.29) is 22.9 Å². The summed E-state index contributed by atoms with van der Waals surface area (Å²) in [6.45, 7) is 0. The van der Waals surface area contributed by atoms with Gasteiger partial charge in [-0.15, -0.1) is 0 Å². The predicted octanol–water partition coefficient (Wildman–Crippen LogP) is 1.01. The number of methoxy groups -OCH3 is 3. The Bertz CT molecular complexity index is 964. The Hall–Kier alpha value is -3.67. The van der Waals surface area contributed by atoms with Gasteiger partial charge in [0.25, 0.3) is 5.56 Å². The Morgan fingerprint density at radius 2 is 1.88 bits per heavy atom. The Morgan fingerprint density at radius 1 is 1.23 bits per heavy atom. The van der Waals surface area contributed by atoms with E-state index in [1.54, 1.807) is 12.1 Å². The molecule has 1 aromatic carbocycles. The van der Waals surface area contributed by atoms with E-state index < -0.39 is 11.5 Å². The van der Waals surface area contributed by atoms with Gasteiger partial charge in [-0.1, -0.05) is 0 Å². The summed E-state index contributed by atoms with van der Waals surface area (Å²) in [4.78, 5) is 18.9. The first-order chi connectivity index (χ1) is 12.5. The maximum absolute atomic E-state index is 12.4. The van der Waals surface area contributed by atoms with Gasteiger partial charge in [0.2, 0.25) is 17.5 Å². The van der Waals surface area contributed by atoms with Crippen LogP contribution in [0.5, 0.6) is 23.1 Å². The summed E-state index contributed by atoms with van der Waals surface area (Å²) in [6.07, 6.45) is 1.21. The number of aromatic nitrogens is 2. The van der Waals surface area contributed by atoms with E-state index in [1.807, 2.05) is 6.07 Å². The molecule has 26 heavy (non-hydrogen) atoms. The van der Waals surface area contributed by atoms with E-state index in [2.05, 4.69) is 9.97 Å². The lowest BCUT2D eigenvalue weighted by Crippen LogP contribution is -2.28. The van der Waals surface area contributed by atoms with Crippen LogP contribution >= 0.6 is 0 Å². The second kappa shape index (κ2) is 6.68. The van der Waals surface area contributed by atoms with Gasteiger partial charge in [-0.3, -0.25) is 4.79 Å². The van der Waals surface area contributed by atoms with Crippen molar-refractivity contribution in [3.8, 4) is 29.2 Å². The van der Waals surface area contributed by atoms with Crippen molar-refractivity contribution in [2.75, 3.05) is 21.3 Å². The number of hydrogen-bond acceptors (Lipinski definition) is 8. The zero-order chi connectivity index (χ0) is 18.8. The molecule has 1 aliphatic heterocycles. The molecular weight excluding hydrogens is 340 g/mol. The molecule has 134 valence electrons. The van der Waals surface area contributed by atoms with Crippen LogP contribution in [0.15, 0.2) is 34.7 Å². The van der Waals surface area contributed by atoms with Gasteiger partial charge in [0, 0.05) is 0 Å². The molecule has 0 radical (unpaired) electrons. The van der Waals surface area contributed by atoms with Gasteiger partial charge in [0.1, 0.15) is 11.6 Å². The average molecular weight is 356 g/mol. The topological polar surface area (TPSA) is 132 Å². The van der Waals surface area contributed by atoms with Gasteiger partial charge in [0.05, 0.1) is 39.1 Å². The lowest BCUT2D eigenvalue weighted by molar-refractivity contribution is 0.323. The Labute approximate surface area is 148 Å². The third-order valence-corrected chi connectivity index (χ3v) is 4.04. The van der Waals surface area contributed by atoms with Crippen LogP contribution in [0.1, 0.15) is 17.0 Å². The summed E-state index contributed by atoms with van der Waals surface area (Å²) < 4.78 is 21.4. The Kier molecular flexibility index (Phi) is 4.41. The smallest absolute Gasteiger partial charge is 0.258 e. The summed E-state index contributed by atoms with van der Waals surface area (Å²) in [5.41, 5.74) is 6.24. The molecule has 1 atom stereocenters. The molecule has 3 rings (SSSR count). The fraction of sp³-hybridized carbons (Fsp3) is 0.235. The molecule has 0 fully saturated rings. The van der Waals surface area contributed by atoms with E-state index in [0.29, 0.717) is 22.8 Å². The van der Waals surface area contributed by atoms with Gasteiger partial charge in [-0.25, -0.2) is 4.98 Å². The average Bonchev–Trinajstić information content (AvgIpc) is 2.65. The maximum atomic E-state index is 12.4. The number of H-pyrrole nitrogens is 1. The molecule has 2 heterocycles. The van der Waals surface area contributed by atoms with E-state index in [9.17, 15) is 10.1 Å². The van der Waals surface area contributed by atoms with E-state index in [1.165, 1.54) is 27.7 Å². The second-order valence-electron chi connectivity index (χ2n) is 5.33. The molecule has 0 saturated carbocycles. The SMILES string of the molecule is COc1cc([C@H]2C(C#N)=C(N)Oc3nc[nH]c(=O)c32)cc(OC)c1OC. The summed E-state index contributed by atoms with van der Waals surface area (Å²) in [7, 11) is 4.43. The molecule has 2 aromatic rings. The molecule has 0 bridgehead atoms. The first kappa shape index (κ1) is 17.2. The number of aromatic amines is 1. The van der Waals surface area contributed by atoms with Crippen LogP contribution in [0, 0.1) is 11.3 Å². The van der Waals surface area contributed by atoms with Crippen molar-refractivity contribution in [1.82, 2.24) is 9.97 Å². The lowest BCUT2D eigenvalue weighted by Gasteiger charge is -2.25. The third kappa shape index (κ3) is 2.57. The van der Waals surface area contributed by atoms with Crippen molar-refractivity contribution in [3.63, 3.8) is 0 Å². The minimum Gasteiger partial charge on any atom is -0.493 e. The number of hydrogen-bond donors (Lipinski definition) is 2. The molecule has 3 N–H and O–H groups in total. The number of benzene rings is 1. The zero-order valence-corrected chi connectivity index (χ0v) is 14.3. The Morgan fingerprint density at radius 3 is 2.42 bits per heavy atom. The summed E-state index contributed by atoms with van der Waals surface area (Å²) in [5, 5.41) is 9.58. The monoisotopic (exact) mass is 356 g/mol. The Balaban J connectivity index is 2.32. The van der Waals surface area contributed by atoms with Crippen molar-refractivity contribution >= 4 is 0 Å². The summed E-state index contributed by atoms with van der Waals surface area (Å²) >= 11 is 0. The molecule has 9 heteroatoms. The first-order valence-electron chi connectivity index (χ1n) is 7.50. The molecule has 0 amide bonds. The summed E-state index contributed by atoms with van der Waals surface area (Å²) in [6, 6.07) is 5.31. The number of nitrogens with two attached hydrogens (primary N) is 1. The number of rotatable bonds is 4. The molecule has 0 unspecified atom stereocenters. The van der Waals surface area contributed by atoms with Crippen molar-refractivity contribution < 1.29 is 18.9 Å². The largest absolute Gasteiger partial charge is 0.493 e. The van der Waals surface area contributed by atoms with Crippen LogP contribution in [0.25, 0.3) is 0 Å². The molecular formula is C17H16N4O5. The highest BCUT2D eigenvalue weighted by atomic mass is 16.5. The highest BCUT2D eigenvalue weighted by Gasteiger charge is 2.35. The van der Waals surface area contributed by atoms with Crippen LogP contribution in [-0.4, -0.2) is 31.3 Å². The number of nitrogens with zero attached hydrogens (tertiary/aromatic N) is 2. The number of allylic oxidation sites excluding steroid dienone is 1. The maximum Gasteiger partial charge on any atom is 0.258 e. The van der Waals surface area contributed by atoms with E-state index >= 15 is 0 Å². The quantitative estimate of drug-likeness (QED) is 0.829.